The second-order valence-electron chi connectivity index (χ2n) is 6.13. The molecule has 3 N–H and O–H groups in total. The molecule has 2 aromatic heterocycles. The number of aryl methyl sites for hydroxylation is 2. The maximum atomic E-state index is 12.2. The van der Waals surface area contributed by atoms with E-state index in [1.54, 1.807) is 27.7 Å². The molecule has 28 heavy (non-hydrogen) atoms. The van der Waals surface area contributed by atoms with Crippen molar-refractivity contribution in [1.82, 2.24) is 15.0 Å². The molecule has 0 bridgehead atoms. The summed E-state index contributed by atoms with van der Waals surface area (Å²) in [6, 6.07) is 0. The van der Waals surface area contributed by atoms with E-state index in [2.05, 4.69) is 20.3 Å². The number of H-pyrrole nitrogens is 1. The van der Waals surface area contributed by atoms with Gasteiger partial charge in [-0.25, -0.2) is 14.8 Å². The summed E-state index contributed by atoms with van der Waals surface area (Å²) in [5, 5.41) is 12.2. The second kappa shape index (κ2) is 9.80. The highest BCUT2D eigenvalue weighted by atomic mass is 32.2. The van der Waals surface area contributed by atoms with Crippen LogP contribution in [0.2, 0.25) is 0 Å². The van der Waals surface area contributed by atoms with E-state index >= 15 is 0 Å². The zero-order valence-corrected chi connectivity index (χ0v) is 17.6. The number of aromatic nitrogens is 3. The van der Waals surface area contributed by atoms with Crippen LogP contribution in [0.1, 0.15) is 40.5 Å². The molecule has 152 valence electrons. The highest BCUT2D eigenvalue weighted by Gasteiger charge is 2.19. The first kappa shape index (κ1) is 22.1. The number of thioether (sulfide) groups is 1. The van der Waals surface area contributed by atoms with Gasteiger partial charge in [-0.1, -0.05) is 23.1 Å². The maximum Gasteiger partial charge on any atom is 0.350 e. The number of rotatable bonds is 8. The van der Waals surface area contributed by atoms with E-state index in [1.165, 1.54) is 0 Å². The molecule has 0 fully saturated rings. The summed E-state index contributed by atoms with van der Waals surface area (Å²) in [5.74, 6) is -0.811. The molecule has 0 atom stereocenters. The normalized spacial score (nSPS) is 10.9. The Morgan fingerprint density at radius 3 is 2.61 bits per heavy atom. The predicted octanol–water partition coefficient (Wildman–Crippen LogP) is 1.67. The van der Waals surface area contributed by atoms with Gasteiger partial charge in [0, 0.05) is 24.3 Å². The molecule has 0 aliphatic rings. The number of ether oxygens (including phenoxy) is 1. The molecule has 11 heteroatoms. The van der Waals surface area contributed by atoms with Gasteiger partial charge in [-0.05, 0) is 27.7 Å². The van der Waals surface area contributed by atoms with E-state index in [4.69, 9.17) is 9.84 Å². The summed E-state index contributed by atoms with van der Waals surface area (Å²) in [4.78, 5) is 47.5. The van der Waals surface area contributed by atoms with Crippen molar-refractivity contribution in [3.8, 4) is 0 Å². The summed E-state index contributed by atoms with van der Waals surface area (Å²) in [7, 11) is 0. The number of aliphatic hydroxyl groups excluding tert-OH is 1. The second-order valence-corrected chi connectivity index (χ2v) is 8.10. The van der Waals surface area contributed by atoms with Crippen LogP contribution in [0.15, 0.2) is 9.95 Å². The first-order valence-electron chi connectivity index (χ1n) is 8.53. The molecule has 0 radical (unpaired) electrons. The summed E-state index contributed by atoms with van der Waals surface area (Å²) in [6.45, 7) is 6.72. The molecule has 1 amide bonds. The Morgan fingerprint density at radius 2 is 2.00 bits per heavy atom. The van der Waals surface area contributed by atoms with Gasteiger partial charge in [-0.15, -0.1) is 0 Å². The number of carbonyl (C=O) groups excluding carboxylic acids is 2. The van der Waals surface area contributed by atoms with Crippen molar-refractivity contribution in [2.24, 2.45) is 0 Å². The highest BCUT2D eigenvalue weighted by Crippen LogP contribution is 2.24. The number of aromatic amines is 1. The lowest BCUT2D eigenvalue weighted by atomic mass is 10.2. The summed E-state index contributed by atoms with van der Waals surface area (Å²) >= 11 is 2.12. The van der Waals surface area contributed by atoms with Gasteiger partial charge < -0.3 is 20.1 Å². The van der Waals surface area contributed by atoms with Crippen molar-refractivity contribution in [2.75, 3.05) is 17.7 Å². The monoisotopic (exact) mass is 426 g/mol. The minimum atomic E-state index is -0.472. The summed E-state index contributed by atoms with van der Waals surface area (Å²) in [5.41, 5.74) is 1.10. The lowest BCUT2D eigenvalue weighted by Gasteiger charge is -2.06. The molecule has 0 aliphatic heterocycles. The van der Waals surface area contributed by atoms with Crippen molar-refractivity contribution < 1.29 is 19.4 Å². The van der Waals surface area contributed by atoms with Gasteiger partial charge in [0.1, 0.15) is 4.88 Å². The largest absolute Gasteiger partial charge is 0.459 e. The van der Waals surface area contributed by atoms with Gasteiger partial charge in [-0.3, -0.25) is 9.59 Å². The van der Waals surface area contributed by atoms with Crippen LogP contribution in [0.5, 0.6) is 0 Å². The van der Waals surface area contributed by atoms with Gasteiger partial charge in [-0.2, -0.15) is 0 Å². The zero-order valence-electron chi connectivity index (χ0n) is 16.0. The van der Waals surface area contributed by atoms with E-state index in [-0.39, 0.29) is 36.4 Å². The van der Waals surface area contributed by atoms with Crippen LogP contribution in [0, 0.1) is 13.8 Å². The number of nitrogens with zero attached hydrogens (tertiary/aromatic N) is 2. The smallest absolute Gasteiger partial charge is 0.350 e. The quantitative estimate of drug-likeness (QED) is 0.330. The Hall–Kier alpha value is -2.24. The molecule has 2 rings (SSSR count). The molecule has 0 aromatic carbocycles. The average Bonchev–Trinajstić information content (AvgIpc) is 2.96. The SMILES string of the molecule is Cc1nc(NC(=O)CSc2nc(C)c(CCO)c(=O)[nH]2)sc1C(=O)OC(C)C. The molecule has 2 heterocycles. The number of hydrogen-bond donors (Lipinski definition) is 3. The molecule has 2 aromatic rings. The third-order valence-electron chi connectivity index (χ3n) is 3.47. The number of aliphatic hydroxyl groups is 1. The first-order valence-corrected chi connectivity index (χ1v) is 10.3. The van der Waals surface area contributed by atoms with E-state index in [0.29, 0.717) is 32.1 Å². The van der Waals surface area contributed by atoms with Crippen molar-refractivity contribution in [3.63, 3.8) is 0 Å². The zero-order chi connectivity index (χ0) is 20.8. The van der Waals surface area contributed by atoms with Crippen LogP contribution in [0.4, 0.5) is 5.13 Å². The minimum Gasteiger partial charge on any atom is -0.459 e. The molecule has 0 unspecified atom stereocenters. The van der Waals surface area contributed by atoms with Gasteiger partial charge in [0.15, 0.2) is 10.3 Å². The Balaban J connectivity index is 1.98. The molecule has 9 nitrogen and oxygen atoms in total. The van der Waals surface area contributed by atoms with Crippen LogP contribution in [0.3, 0.4) is 0 Å². The van der Waals surface area contributed by atoms with Crippen molar-refractivity contribution in [3.05, 3.63) is 32.2 Å². The van der Waals surface area contributed by atoms with Crippen LogP contribution in [-0.4, -0.2) is 50.4 Å². The maximum absolute atomic E-state index is 12.2. The summed E-state index contributed by atoms with van der Waals surface area (Å²) < 4.78 is 5.15. The number of amides is 1. The summed E-state index contributed by atoms with van der Waals surface area (Å²) in [6.07, 6.45) is -0.0183. The molecular weight excluding hydrogens is 404 g/mol. The first-order chi connectivity index (χ1) is 13.2. The topological polar surface area (TPSA) is 134 Å². The van der Waals surface area contributed by atoms with Gasteiger partial charge in [0.2, 0.25) is 5.91 Å². The van der Waals surface area contributed by atoms with Crippen LogP contribution < -0.4 is 10.9 Å². The lowest BCUT2D eigenvalue weighted by Crippen LogP contribution is -2.19. The van der Waals surface area contributed by atoms with E-state index < -0.39 is 5.97 Å². The number of anilines is 1. The Kier molecular flexibility index (Phi) is 7.72. The number of thiazole rings is 1. The van der Waals surface area contributed by atoms with Gasteiger partial charge in [0.05, 0.1) is 17.6 Å². The molecular formula is C17H22N4O5S2. The standard InChI is InChI=1S/C17H22N4O5S2/c1-8(2)26-15(25)13-10(4)19-17(28-13)20-12(23)7-27-16-18-9(3)11(5-6-22)14(24)21-16/h8,22H,5-7H2,1-4H3,(H,18,21,24)(H,19,20,23). The number of hydrogen-bond acceptors (Lipinski definition) is 9. The third kappa shape index (κ3) is 5.88. The predicted molar refractivity (Wildman–Crippen MR) is 107 cm³/mol. The van der Waals surface area contributed by atoms with Crippen molar-refractivity contribution in [1.29, 1.82) is 0 Å². The van der Waals surface area contributed by atoms with Gasteiger partial charge >= 0.3 is 5.97 Å². The molecule has 0 spiro atoms. The Labute approximate surface area is 170 Å². The Morgan fingerprint density at radius 1 is 1.29 bits per heavy atom. The van der Waals surface area contributed by atoms with Crippen molar-refractivity contribution in [2.45, 2.75) is 45.4 Å². The van der Waals surface area contributed by atoms with Crippen molar-refractivity contribution >= 4 is 40.1 Å². The average molecular weight is 427 g/mol. The Bertz CT molecular complexity index is 923. The minimum absolute atomic E-state index is 0.00608. The van der Waals surface area contributed by atoms with Gasteiger partial charge in [0.25, 0.3) is 5.56 Å². The molecule has 0 aliphatic carbocycles. The highest BCUT2D eigenvalue weighted by molar-refractivity contribution is 7.99. The van der Waals surface area contributed by atoms with E-state index in [9.17, 15) is 14.4 Å². The van der Waals surface area contributed by atoms with Crippen LogP contribution in [-0.2, 0) is 16.0 Å². The van der Waals surface area contributed by atoms with E-state index in [1.807, 2.05) is 0 Å². The fourth-order valence-corrected chi connectivity index (χ4v) is 3.83. The molecule has 0 saturated carbocycles. The molecule has 0 saturated heterocycles. The fraction of sp³-hybridized carbons (Fsp3) is 0.471. The number of esters is 1. The lowest BCUT2D eigenvalue weighted by molar-refractivity contribution is -0.113. The van der Waals surface area contributed by atoms with Crippen LogP contribution >= 0.6 is 23.1 Å². The number of carbonyl (C=O) groups is 2. The third-order valence-corrected chi connectivity index (χ3v) is 5.40. The van der Waals surface area contributed by atoms with Crippen LogP contribution in [0.25, 0.3) is 0 Å². The fourth-order valence-electron chi connectivity index (χ4n) is 2.26. The number of nitrogens with one attached hydrogen (secondary N) is 2. The van der Waals surface area contributed by atoms with E-state index in [0.717, 1.165) is 23.1 Å².